The summed E-state index contributed by atoms with van der Waals surface area (Å²) >= 11 is 0. The molecule has 0 bridgehead atoms. The first-order valence-corrected chi connectivity index (χ1v) is 9.72. The van der Waals surface area contributed by atoms with Crippen LogP contribution in [0.1, 0.15) is 5.69 Å². The Hall–Kier alpha value is -4.79. The summed E-state index contributed by atoms with van der Waals surface area (Å²) in [5.74, 6) is 1.72. The first kappa shape index (κ1) is 19.2. The number of carbonyl (C=O) groups excluding carboxylic acids is 1. The third-order valence-electron chi connectivity index (χ3n) is 4.82. The summed E-state index contributed by atoms with van der Waals surface area (Å²) in [4.78, 5) is 26.9. The number of para-hydroxylation sites is 1. The molecule has 2 aromatic carbocycles. The highest BCUT2D eigenvalue weighted by Gasteiger charge is 2.20. The van der Waals surface area contributed by atoms with Crippen LogP contribution < -0.4 is 10.5 Å². The fraction of sp³-hybridized carbons (Fsp3) is 0. The molecule has 0 unspecified atom stereocenters. The minimum atomic E-state index is 0.286. The molecular formula is C23H17N7O2. The van der Waals surface area contributed by atoms with Crippen LogP contribution in [0.25, 0.3) is 28.0 Å². The summed E-state index contributed by atoms with van der Waals surface area (Å²) in [5, 5.41) is 5.30. The van der Waals surface area contributed by atoms with Gasteiger partial charge in [0.1, 0.15) is 41.3 Å². The zero-order valence-corrected chi connectivity index (χ0v) is 16.7. The number of allylic oxidation sites excluding steroid dienone is 1. The van der Waals surface area contributed by atoms with E-state index in [1.165, 1.54) is 18.7 Å². The lowest BCUT2D eigenvalue weighted by Crippen LogP contribution is -2.03. The smallest absolute Gasteiger partial charge is 0.169 e. The molecule has 9 nitrogen and oxygen atoms in total. The van der Waals surface area contributed by atoms with Gasteiger partial charge in [-0.3, -0.25) is 4.79 Å². The zero-order chi connectivity index (χ0) is 21.9. The molecule has 32 heavy (non-hydrogen) atoms. The Morgan fingerprint density at radius 2 is 1.78 bits per heavy atom. The number of rotatable bonds is 6. The van der Waals surface area contributed by atoms with Crippen LogP contribution in [0.2, 0.25) is 0 Å². The van der Waals surface area contributed by atoms with E-state index in [1.807, 2.05) is 54.6 Å². The normalized spacial score (nSPS) is 11.6. The van der Waals surface area contributed by atoms with Gasteiger partial charge in [-0.1, -0.05) is 18.2 Å². The summed E-state index contributed by atoms with van der Waals surface area (Å²) < 4.78 is 7.41. The highest BCUT2D eigenvalue weighted by atomic mass is 16.5. The van der Waals surface area contributed by atoms with Gasteiger partial charge in [0.2, 0.25) is 0 Å². The number of hydrogen-bond donors (Lipinski definition) is 2. The minimum Gasteiger partial charge on any atom is -0.457 e. The largest absolute Gasteiger partial charge is 0.457 e. The Balaban J connectivity index is 1.60. The second kappa shape index (κ2) is 8.15. The minimum absolute atomic E-state index is 0.286. The first-order valence-electron chi connectivity index (χ1n) is 9.72. The fourth-order valence-electron chi connectivity index (χ4n) is 3.38. The molecule has 5 rings (SSSR count). The van der Waals surface area contributed by atoms with Crippen LogP contribution in [0.15, 0.2) is 79.5 Å². The van der Waals surface area contributed by atoms with Gasteiger partial charge < -0.3 is 15.5 Å². The maximum Gasteiger partial charge on any atom is 0.169 e. The number of fused-ring (bicyclic) bond motifs is 1. The lowest BCUT2D eigenvalue weighted by molar-refractivity contribution is -0.104. The zero-order valence-electron chi connectivity index (χ0n) is 16.7. The van der Waals surface area contributed by atoms with Crippen LogP contribution in [0.4, 0.5) is 5.82 Å². The van der Waals surface area contributed by atoms with Crippen LogP contribution in [0, 0.1) is 0 Å². The van der Waals surface area contributed by atoms with Crippen molar-refractivity contribution < 1.29 is 9.53 Å². The van der Waals surface area contributed by atoms with E-state index in [2.05, 4.69) is 19.9 Å². The van der Waals surface area contributed by atoms with Crippen molar-refractivity contribution in [3.8, 4) is 22.8 Å². The number of benzene rings is 2. The van der Waals surface area contributed by atoms with E-state index in [-0.39, 0.29) is 5.82 Å². The number of nitrogens with one attached hydrogen (secondary N) is 1. The first-order chi connectivity index (χ1) is 15.7. The number of nitrogen functional groups attached to an aromatic ring is 1. The van der Waals surface area contributed by atoms with Crippen molar-refractivity contribution in [3.05, 3.63) is 85.2 Å². The van der Waals surface area contributed by atoms with Crippen LogP contribution in [0.5, 0.6) is 11.5 Å². The Labute approximate surface area is 182 Å². The van der Waals surface area contributed by atoms with E-state index in [1.54, 1.807) is 10.9 Å². The number of nitrogens with zero attached hydrogens (tertiary/aromatic N) is 5. The predicted molar refractivity (Wildman–Crippen MR) is 120 cm³/mol. The van der Waals surface area contributed by atoms with E-state index >= 15 is 0 Å². The molecule has 0 saturated heterocycles. The maximum absolute atomic E-state index is 11.3. The van der Waals surface area contributed by atoms with E-state index in [0.29, 0.717) is 40.2 Å². The molecule has 0 aliphatic carbocycles. The summed E-state index contributed by atoms with van der Waals surface area (Å²) in [6, 6.07) is 17.0. The molecule has 0 atom stereocenters. The Kier molecular flexibility index (Phi) is 4.89. The molecule has 0 fully saturated rings. The monoisotopic (exact) mass is 423 g/mol. The Morgan fingerprint density at radius 3 is 2.50 bits per heavy atom. The average molecular weight is 423 g/mol. The number of imidazole rings is 1. The van der Waals surface area contributed by atoms with Crippen molar-refractivity contribution >= 4 is 28.8 Å². The van der Waals surface area contributed by atoms with Gasteiger partial charge in [-0.25, -0.2) is 19.6 Å². The van der Waals surface area contributed by atoms with Crippen molar-refractivity contribution in [1.82, 2.24) is 29.7 Å². The summed E-state index contributed by atoms with van der Waals surface area (Å²) in [5.41, 5.74) is 9.03. The molecule has 9 heteroatoms. The molecule has 5 aromatic rings. The van der Waals surface area contributed by atoms with Crippen molar-refractivity contribution in [3.63, 3.8) is 0 Å². The molecule has 0 spiro atoms. The summed E-state index contributed by atoms with van der Waals surface area (Å²) in [6.07, 6.45) is 6.61. The van der Waals surface area contributed by atoms with Gasteiger partial charge in [0.15, 0.2) is 5.65 Å². The number of ether oxygens (including phenoxy) is 1. The Bertz CT molecular complexity index is 1410. The number of anilines is 1. The van der Waals surface area contributed by atoms with Crippen LogP contribution in [-0.2, 0) is 4.79 Å². The molecule has 3 aromatic heterocycles. The molecule has 156 valence electrons. The van der Waals surface area contributed by atoms with Crippen molar-refractivity contribution in [2.45, 2.75) is 0 Å². The summed E-state index contributed by atoms with van der Waals surface area (Å²) in [7, 11) is 0. The fourth-order valence-corrected chi connectivity index (χ4v) is 3.38. The van der Waals surface area contributed by atoms with Crippen molar-refractivity contribution in [2.24, 2.45) is 0 Å². The van der Waals surface area contributed by atoms with Gasteiger partial charge in [0, 0.05) is 17.8 Å². The summed E-state index contributed by atoms with van der Waals surface area (Å²) in [6.45, 7) is 0. The molecular weight excluding hydrogens is 406 g/mol. The second-order valence-corrected chi connectivity index (χ2v) is 6.80. The number of aromatic nitrogens is 6. The van der Waals surface area contributed by atoms with Crippen LogP contribution in [-0.4, -0.2) is 36.0 Å². The number of H-pyrrole nitrogens is 1. The van der Waals surface area contributed by atoms with E-state index < -0.39 is 0 Å². The molecule has 0 radical (unpaired) electrons. The highest BCUT2D eigenvalue weighted by Crippen LogP contribution is 2.33. The number of aldehydes is 1. The molecule has 0 aliphatic rings. The van der Waals surface area contributed by atoms with E-state index in [4.69, 9.17) is 15.6 Å². The Morgan fingerprint density at radius 1 is 1.00 bits per heavy atom. The molecule has 0 saturated carbocycles. The highest BCUT2D eigenvalue weighted by molar-refractivity contribution is 6.00. The topological polar surface area (TPSA) is 125 Å². The molecule has 0 amide bonds. The van der Waals surface area contributed by atoms with Gasteiger partial charge in [0.25, 0.3) is 0 Å². The number of nitrogens with two attached hydrogens (primary N) is 1. The number of hydrogen-bond acceptors (Lipinski definition) is 7. The van der Waals surface area contributed by atoms with Crippen LogP contribution in [0.3, 0.4) is 0 Å². The standard InChI is InChI=1S/C23H17N7O2/c24-22-20-21(15-6-8-17(9-7-15)32-16-4-2-1-3-5-16)29-30(23(20)28-14-27-22)19(10-11-31)18-12-25-13-26-18/h1-14H,(H,25,26)(H2,24,27,28). The number of aromatic amines is 1. The van der Waals surface area contributed by atoms with Gasteiger partial charge in [-0.2, -0.15) is 5.10 Å². The lowest BCUT2D eigenvalue weighted by atomic mass is 10.1. The predicted octanol–water partition coefficient (Wildman–Crippen LogP) is 3.68. The third kappa shape index (κ3) is 3.47. The van der Waals surface area contributed by atoms with E-state index in [9.17, 15) is 4.79 Å². The molecule has 3 N–H and O–H groups in total. The van der Waals surface area contributed by atoms with Gasteiger partial charge in [0.05, 0.1) is 17.4 Å². The van der Waals surface area contributed by atoms with Gasteiger partial charge in [-0.05, 0) is 36.4 Å². The SMILES string of the molecule is Nc1ncnc2c1c(-c1ccc(Oc3ccccc3)cc1)nn2C(=CC=O)c1c[nH]cn1. The maximum atomic E-state index is 11.3. The second-order valence-electron chi connectivity index (χ2n) is 6.80. The molecule has 3 heterocycles. The lowest BCUT2D eigenvalue weighted by Gasteiger charge is -2.06. The average Bonchev–Trinajstić information content (AvgIpc) is 3.48. The third-order valence-corrected chi connectivity index (χ3v) is 4.82. The van der Waals surface area contributed by atoms with Gasteiger partial charge in [-0.15, -0.1) is 0 Å². The van der Waals surface area contributed by atoms with Gasteiger partial charge >= 0.3 is 0 Å². The quantitative estimate of drug-likeness (QED) is 0.315. The van der Waals surface area contributed by atoms with Crippen molar-refractivity contribution in [2.75, 3.05) is 5.73 Å². The molecule has 0 aliphatic heterocycles. The van der Waals surface area contributed by atoms with Crippen LogP contribution >= 0.6 is 0 Å². The van der Waals surface area contributed by atoms with Crippen molar-refractivity contribution in [1.29, 1.82) is 0 Å². The van der Waals surface area contributed by atoms with E-state index in [0.717, 1.165) is 11.3 Å². The number of carbonyl (C=O) groups is 1.